The van der Waals surface area contributed by atoms with Crippen LogP contribution in [0.25, 0.3) is 0 Å². The third-order valence-corrected chi connectivity index (χ3v) is 11.6. The van der Waals surface area contributed by atoms with Crippen LogP contribution < -0.4 is 15.4 Å². The van der Waals surface area contributed by atoms with Gasteiger partial charge in [0, 0.05) is 25.3 Å². The molecule has 1 unspecified atom stereocenters. The van der Waals surface area contributed by atoms with Crippen molar-refractivity contribution in [2.24, 2.45) is 11.8 Å². The fourth-order valence-corrected chi connectivity index (χ4v) is 8.55. The van der Waals surface area contributed by atoms with Crippen LogP contribution in [0.5, 0.6) is 11.5 Å². The number of aliphatic hydroxyl groups excluding tert-OH is 1. The molecule has 0 radical (unpaired) electrons. The number of aliphatic hydroxyl groups is 2. The minimum absolute atomic E-state index is 0.0392. The number of fused-ring (bicyclic) bond motifs is 3. The molecule has 0 spiro atoms. The van der Waals surface area contributed by atoms with Crippen molar-refractivity contribution in [2.45, 2.75) is 75.6 Å². The van der Waals surface area contributed by atoms with Gasteiger partial charge in [0.15, 0.2) is 0 Å². The molecule has 3 atom stereocenters. The topological polar surface area (TPSA) is 120 Å². The number of anilines is 1. The van der Waals surface area contributed by atoms with Gasteiger partial charge < -0.3 is 39.9 Å². The number of rotatable bonds is 19. The molecule has 3 saturated heterocycles. The number of hydrogen-bond donors (Lipinski definition) is 5. The summed E-state index contributed by atoms with van der Waals surface area (Å²) in [5.41, 5.74) is 2.19. The molecule has 1 amide bonds. The summed E-state index contributed by atoms with van der Waals surface area (Å²) in [7, 11) is 0. The molecule has 1 aliphatic carbocycles. The Morgan fingerprint density at radius 1 is 0.960 bits per heavy atom. The first-order chi connectivity index (χ1) is 24.4. The molecule has 50 heavy (non-hydrogen) atoms. The molecule has 3 heterocycles. The van der Waals surface area contributed by atoms with E-state index in [0.29, 0.717) is 44.2 Å². The van der Waals surface area contributed by atoms with E-state index in [4.69, 9.17) is 9.47 Å². The largest absolute Gasteiger partial charge is 0.506 e. The van der Waals surface area contributed by atoms with Gasteiger partial charge in [-0.1, -0.05) is 61.4 Å². The zero-order valence-electron chi connectivity index (χ0n) is 29.3. The predicted octanol–water partition coefficient (Wildman–Crippen LogP) is 5.69. The molecule has 3 aliphatic heterocycles. The van der Waals surface area contributed by atoms with Crippen LogP contribution in [0.15, 0.2) is 72.8 Å². The van der Waals surface area contributed by atoms with Gasteiger partial charge in [-0.25, -0.2) is 0 Å². The summed E-state index contributed by atoms with van der Waals surface area (Å²) in [6.45, 7) is 6.87. The van der Waals surface area contributed by atoms with Gasteiger partial charge in [0.1, 0.15) is 29.7 Å². The summed E-state index contributed by atoms with van der Waals surface area (Å²) in [4.78, 5) is 10.7. The third-order valence-electron chi connectivity index (χ3n) is 11.6. The Kier molecular flexibility index (Phi) is 12.5. The lowest BCUT2D eigenvalue weighted by Gasteiger charge is -2.53. The summed E-state index contributed by atoms with van der Waals surface area (Å²) >= 11 is 0. The molecule has 1 saturated carbocycles. The number of nitrogens with zero attached hydrogens (tertiary/aromatic N) is 1. The van der Waals surface area contributed by atoms with Gasteiger partial charge >= 0.3 is 0 Å². The van der Waals surface area contributed by atoms with Crippen LogP contribution >= 0.6 is 0 Å². The van der Waals surface area contributed by atoms with Crippen LogP contribution in [0.4, 0.5) is 5.69 Å². The maximum atomic E-state index is 12.0. The Hall–Kier alpha value is -3.47. The first-order valence-electron chi connectivity index (χ1n) is 18.8. The highest BCUT2D eigenvalue weighted by molar-refractivity contribution is 5.75. The second kappa shape index (κ2) is 17.2. The smallest absolute Gasteiger partial charge is 0.211 e. The molecular weight excluding hydrogens is 630 g/mol. The molecule has 3 aromatic rings. The fraction of sp³-hybridized carbons (Fsp3) is 0.537. The average Bonchev–Trinajstić information content (AvgIpc) is 3.71. The quantitative estimate of drug-likeness (QED) is 0.0476. The number of aromatic hydroxyl groups is 1. The highest BCUT2D eigenvalue weighted by atomic mass is 16.5. The number of phenols is 1. The molecule has 0 aromatic heterocycles. The number of benzene rings is 3. The highest BCUT2D eigenvalue weighted by Gasteiger charge is 2.48. The molecule has 9 heteroatoms. The van der Waals surface area contributed by atoms with Crippen molar-refractivity contribution in [3.63, 3.8) is 0 Å². The molecule has 270 valence electrons. The Labute approximate surface area is 297 Å². The minimum Gasteiger partial charge on any atom is -0.506 e. The van der Waals surface area contributed by atoms with Crippen LogP contribution in [-0.2, 0) is 21.6 Å². The number of phenolic OH excluding ortho intramolecular Hbond substituents is 1. The number of hydrogen-bond acceptors (Lipinski definition) is 7. The Balaban J connectivity index is 0.889. The lowest BCUT2D eigenvalue weighted by molar-refractivity contribution is -0.946. The van der Waals surface area contributed by atoms with Crippen molar-refractivity contribution >= 4 is 12.1 Å². The second-order valence-electron chi connectivity index (χ2n) is 14.9. The van der Waals surface area contributed by atoms with Crippen molar-refractivity contribution in [1.82, 2.24) is 5.32 Å². The maximum absolute atomic E-state index is 12.0. The van der Waals surface area contributed by atoms with E-state index >= 15 is 0 Å². The van der Waals surface area contributed by atoms with E-state index in [1.807, 2.05) is 30.3 Å². The number of carbonyl (C=O) groups excluding carboxylic acids is 1. The molecule has 4 aliphatic rings. The number of nitrogens with one attached hydrogen (secondary N) is 2. The van der Waals surface area contributed by atoms with Crippen molar-refractivity contribution in [2.75, 3.05) is 57.8 Å². The fourth-order valence-electron chi connectivity index (χ4n) is 8.55. The standard InChI is InChI=1S/C41H55N3O6/c45-30-43-37-26-33(14-17-38(37)46)39(47)27-42-21-18-31-12-15-36(16-13-31)49-25-7-6-22-44-23-19-32(20-24-44)40(28-44)50-29-41(48,35-10-4-5-11-35)34-8-2-1-3-9-34/h1-3,8-9,12-17,26,30,32,35,39-40,42,47-48H,4-7,10-11,18-25,27-29H2,(H-,43,45,46)/p+1/t32?,39-,40-,41?,44?/m0/s1. The zero-order chi connectivity index (χ0) is 34.8. The minimum atomic E-state index is -0.900. The van der Waals surface area contributed by atoms with E-state index < -0.39 is 11.7 Å². The summed E-state index contributed by atoms with van der Waals surface area (Å²) < 4.78 is 14.0. The van der Waals surface area contributed by atoms with E-state index in [9.17, 15) is 20.1 Å². The molecule has 5 N–H and O–H groups in total. The summed E-state index contributed by atoms with van der Waals surface area (Å²) in [5, 5.41) is 38.0. The van der Waals surface area contributed by atoms with Gasteiger partial charge in [-0.2, -0.15) is 0 Å². The number of quaternary nitrogens is 1. The zero-order valence-corrected chi connectivity index (χ0v) is 29.3. The number of unbranched alkanes of at least 4 members (excludes halogenated alkanes) is 1. The Morgan fingerprint density at radius 2 is 1.72 bits per heavy atom. The molecular formula is C41H56N3O6+. The third kappa shape index (κ3) is 9.06. The van der Waals surface area contributed by atoms with E-state index in [2.05, 4.69) is 34.9 Å². The molecule has 9 nitrogen and oxygen atoms in total. The summed E-state index contributed by atoms with van der Waals surface area (Å²) in [6.07, 6.45) is 9.91. The van der Waals surface area contributed by atoms with Gasteiger partial charge in [0.05, 0.1) is 44.6 Å². The van der Waals surface area contributed by atoms with Crippen LogP contribution in [-0.4, -0.2) is 84.8 Å². The SMILES string of the molecule is O=CNc1cc([C@@H](O)CNCCc2ccc(OCCCC[N+]34CCC(CC3)[C@@H](OCC(O)(c3ccccc3)C3CCCC3)C4)cc2)ccc1O. The first kappa shape index (κ1) is 36.3. The van der Waals surface area contributed by atoms with Gasteiger partial charge in [-0.15, -0.1) is 0 Å². The number of ether oxygens (including phenoxy) is 2. The first-order valence-corrected chi connectivity index (χ1v) is 18.8. The van der Waals surface area contributed by atoms with Gasteiger partial charge in [0.25, 0.3) is 0 Å². The lowest BCUT2D eigenvalue weighted by Crippen LogP contribution is -2.64. The Bertz CT molecular complexity index is 1490. The predicted molar refractivity (Wildman–Crippen MR) is 195 cm³/mol. The highest BCUT2D eigenvalue weighted by Crippen LogP contribution is 2.43. The van der Waals surface area contributed by atoms with Crippen LogP contribution in [0.3, 0.4) is 0 Å². The monoisotopic (exact) mass is 686 g/mol. The van der Waals surface area contributed by atoms with Crippen LogP contribution in [0.2, 0.25) is 0 Å². The van der Waals surface area contributed by atoms with Crippen molar-refractivity contribution in [1.29, 1.82) is 0 Å². The second-order valence-corrected chi connectivity index (χ2v) is 14.9. The van der Waals surface area contributed by atoms with E-state index in [1.165, 1.54) is 50.4 Å². The van der Waals surface area contributed by atoms with E-state index in [-0.39, 0.29) is 23.5 Å². The number of amides is 1. The molecule has 7 rings (SSSR count). The molecule has 2 bridgehead atoms. The maximum Gasteiger partial charge on any atom is 0.211 e. The van der Waals surface area contributed by atoms with E-state index in [0.717, 1.165) is 61.0 Å². The van der Waals surface area contributed by atoms with Crippen molar-refractivity contribution < 1.29 is 34.1 Å². The lowest BCUT2D eigenvalue weighted by atomic mass is 9.80. The van der Waals surface area contributed by atoms with Crippen molar-refractivity contribution in [3.05, 3.63) is 89.5 Å². The van der Waals surface area contributed by atoms with E-state index in [1.54, 1.807) is 12.1 Å². The molecule has 4 fully saturated rings. The van der Waals surface area contributed by atoms with Gasteiger partial charge in [0.2, 0.25) is 6.41 Å². The normalized spacial score (nSPS) is 23.7. The van der Waals surface area contributed by atoms with Gasteiger partial charge in [-0.3, -0.25) is 4.79 Å². The van der Waals surface area contributed by atoms with Crippen LogP contribution in [0, 0.1) is 11.8 Å². The van der Waals surface area contributed by atoms with Crippen LogP contribution in [0.1, 0.15) is 74.2 Å². The van der Waals surface area contributed by atoms with Crippen molar-refractivity contribution in [3.8, 4) is 11.5 Å². The summed E-state index contributed by atoms with van der Waals surface area (Å²) in [6, 6.07) is 23.2. The summed E-state index contributed by atoms with van der Waals surface area (Å²) in [5.74, 6) is 1.73. The molecule has 3 aromatic carbocycles. The Morgan fingerprint density at radius 3 is 2.46 bits per heavy atom. The van der Waals surface area contributed by atoms with Gasteiger partial charge in [-0.05, 0) is 85.5 Å². The number of carbonyl (C=O) groups is 1. The average molecular weight is 687 g/mol. The number of piperidine rings is 3.